The van der Waals surface area contributed by atoms with Crippen LogP contribution in [-0.4, -0.2) is 26.0 Å². The third-order valence-corrected chi connectivity index (χ3v) is 4.50. The van der Waals surface area contributed by atoms with Crippen molar-refractivity contribution in [3.8, 4) is 17.0 Å². The van der Waals surface area contributed by atoms with Crippen LogP contribution >= 0.6 is 0 Å². The number of pyridine rings is 1. The summed E-state index contributed by atoms with van der Waals surface area (Å²) in [6, 6.07) is 17.5. The summed E-state index contributed by atoms with van der Waals surface area (Å²) < 4.78 is 0. The third kappa shape index (κ3) is 4.25. The highest BCUT2D eigenvalue weighted by Gasteiger charge is 2.12. The number of aromatic nitrogens is 3. The van der Waals surface area contributed by atoms with Gasteiger partial charge in [-0.15, -0.1) is 0 Å². The van der Waals surface area contributed by atoms with Crippen LogP contribution in [0.2, 0.25) is 0 Å². The minimum atomic E-state index is -0.391. The van der Waals surface area contributed by atoms with Crippen molar-refractivity contribution in [3.05, 3.63) is 90.4 Å². The molecule has 2 aromatic carbocycles. The highest BCUT2D eigenvalue weighted by atomic mass is 16.3. The van der Waals surface area contributed by atoms with Gasteiger partial charge in [0.1, 0.15) is 5.75 Å². The Morgan fingerprint density at radius 2 is 1.87 bits per heavy atom. The summed E-state index contributed by atoms with van der Waals surface area (Å²) in [4.78, 5) is 25.4. The lowest BCUT2D eigenvalue weighted by atomic mass is 10.1. The highest BCUT2D eigenvalue weighted by molar-refractivity contribution is 6.06. The van der Waals surface area contributed by atoms with Crippen LogP contribution in [-0.2, 0) is 0 Å². The number of benzene rings is 2. The number of amides is 1. The maximum absolute atomic E-state index is 12.5. The monoisotopic (exact) mass is 397 g/mol. The van der Waals surface area contributed by atoms with E-state index < -0.39 is 5.91 Å². The van der Waals surface area contributed by atoms with Crippen LogP contribution in [0.4, 0.5) is 17.3 Å². The van der Waals surface area contributed by atoms with Gasteiger partial charge in [-0.1, -0.05) is 18.2 Å². The zero-order chi connectivity index (χ0) is 20.9. The number of nitrogens with zero attached hydrogens (tertiary/aromatic N) is 3. The fourth-order valence-electron chi connectivity index (χ4n) is 2.91. The Balaban J connectivity index is 1.56. The van der Waals surface area contributed by atoms with E-state index in [2.05, 4.69) is 25.6 Å². The molecular formula is C23H19N5O2. The van der Waals surface area contributed by atoms with Gasteiger partial charge in [0.2, 0.25) is 5.95 Å². The van der Waals surface area contributed by atoms with E-state index in [0.29, 0.717) is 11.6 Å². The van der Waals surface area contributed by atoms with Crippen LogP contribution in [0.5, 0.6) is 5.75 Å². The van der Waals surface area contributed by atoms with E-state index in [9.17, 15) is 9.90 Å². The molecule has 0 unspecified atom stereocenters. The second kappa shape index (κ2) is 8.40. The molecule has 30 heavy (non-hydrogen) atoms. The Morgan fingerprint density at radius 1 is 1.00 bits per heavy atom. The summed E-state index contributed by atoms with van der Waals surface area (Å²) in [7, 11) is 0. The molecule has 0 atom stereocenters. The Bertz CT molecular complexity index is 1200. The molecule has 7 heteroatoms. The van der Waals surface area contributed by atoms with E-state index in [0.717, 1.165) is 22.5 Å². The molecule has 4 aromatic rings. The number of anilines is 3. The summed E-state index contributed by atoms with van der Waals surface area (Å²) in [5, 5.41) is 15.9. The van der Waals surface area contributed by atoms with E-state index in [1.165, 1.54) is 6.07 Å². The first-order chi connectivity index (χ1) is 14.6. The third-order valence-electron chi connectivity index (χ3n) is 4.50. The van der Waals surface area contributed by atoms with Crippen molar-refractivity contribution < 1.29 is 9.90 Å². The largest absolute Gasteiger partial charge is 0.507 e. The normalized spacial score (nSPS) is 10.4. The summed E-state index contributed by atoms with van der Waals surface area (Å²) in [6.45, 7) is 1.95. The predicted molar refractivity (Wildman–Crippen MR) is 116 cm³/mol. The van der Waals surface area contributed by atoms with E-state index in [1.807, 2.05) is 31.2 Å². The van der Waals surface area contributed by atoms with E-state index in [1.54, 1.807) is 48.9 Å². The zero-order valence-electron chi connectivity index (χ0n) is 16.2. The Kier molecular flexibility index (Phi) is 5.34. The Labute approximate surface area is 173 Å². The first kappa shape index (κ1) is 19.1. The van der Waals surface area contributed by atoms with Gasteiger partial charge in [-0.25, -0.2) is 9.97 Å². The number of carbonyl (C=O) groups excluding carboxylic acids is 1. The standard InChI is InChI=1S/C23H19N5O2/c1-15-8-9-17(26-22(30)18-6-2-3-7-21(18)29)13-20(15)28-23-25-12-10-19(27-23)16-5-4-11-24-14-16/h2-14,29H,1H3,(H,26,30)(H,25,27,28). The number of phenols is 1. The second-order valence-electron chi connectivity index (χ2n) is 6.63. The van der Waals surface area contributed by atoms with Crippen molar-refractivity contribution in [3.63, 3.8) is 0 Å². The van der Waals surface area contributed by atoms with Crippen LogP contribution in [0.15, 0.2) is 79.3 Å². The molecule has 3 N–H and O–H groups in total. The maximum atomic E-state index is 12.5. The highest BCUT2D eigenvalue weighted by Crippen LogP contribution is 2.25. The number of hydrogen-bond donors (Lipinski definition) is 3. The molecule has 7 nitrogen and oxygen atoms in total. The zero-order valence-corrected chi connectivity index (χ0v) is 16.2. The molecule has 0 spiro atoms. The molecule has 0 aliphatic heterocycles. The number of carbonyl (C=O) groups is 1. The van der Waals surface area contributed by atoms with Crippen molar-refractivity contribution in [1.82, 2.24) is 15.0 Å². The molecule has 0 aliphatic rings. The molecular weight excluding hydrogens is 378 g/mol. The summed E-state index contributed by atoms with van der Waals surface area (Å²) in [5.74, 6) is -0.0255. The van der Waals surface area contributed by atoms with Crippen LogP contribution in [0.1, 0.15) is 15.9 Å². The lowest BCUT2D eigenvalue weighted by Crippen LogP contribution is -2.12. The van der Waals surface area contributed by atoms with Crippen LogP contribution < -0.4 is 10.6 Å². The molecule has 0 fully saturated rings. The number of aryl methyl sites for hydroxylation is 1. The van der Waals surface area contributed by atoms with Crippen LogP contribution in [0.3, 0.4) is 0 Å². The fourth-order valence-corrected chi connectivity index (χ4v) is 2.91. The Hall–Kier alpha value is -4.26. The number of aromatic hydroxyl groups is 1. The topological polar surface area (TPSA) is 100 Å². The van der Waals surface area contributed by atoms with Crippen molar-refractivity contribution in [2.24, 2.45) is 0 Å². The van der Waals surface area contributed by atoms with Crippen molar-refractivity contribution in [2.75, 3.05) is 10.6 Å². The van der Waals surface area contributed by atoms with Gasteiger partial charge in [0.15, 0.2) is 0 Å². The predicted octanol–water partition coefficient (Wildman–Crippen LogP) is 4.55. The smallest absolute Gasteiger partial charge is 0.259 e. The first-order valence-electron chi connectivity index (χ1n) is 9.30. The number of phenolic OH excluding ortho intramolecular Hbond substituents is 1. The summed E-state index contributed by atoms with van der Waals surface area (Å²) in [5.41, 5.74) is 4.16. The lowest BCUT2D eigenvalue weighted by molar-refractivity contribution is 0.102. The first-order valence-corrected chi connectivity index (χ1v) is 9.30. The van der Waals surface area contributed by atoms with Crippen LogP contribution in [0, 0.1) is 6.92 Å². The second-order valence-corrected chi connectivity index (χ2v) is 6.63. The number of nitrogens with one attached hydrogen (secondary N) is 2. The Morgan fingerprint density at radius 3 is 2.67 bits per heavy atom. The van der Waals surface area contributed by atoms with Gasteiger partial charge in [-0.3, -0.25) is 9.78 Å². The molecule has 2 heterocycles. The van der Waals surface area contributed by atoms with Crippen molar-refractivity contribution in [2.45, 2.75) is 6.92 Å². The van der Waals surface area contributed by atoms with Crippen LogP contribution in [0.25, 0.3) is 11.3 Å². The van der Waals surface area contributed by atoms with E-state index >= 15 is 0 Å². The number of rotatable bonds is 5. The van der Waals surface area contributed by atoms with Gasteiger partial charge in [-0.05, 0) is 55.0 Å². The molecule has 148 valence electrons. The van der Waals surface area contributed by atoms with E-state index in [-0.39, 0.29) is 11.3 Å². The molecule has 0 aliphatic carbocycles. The van der Waals surface area contributed by atoms with Gasteiger partial charge in [-0.2, -0.15) is 0 Å². The molecule has 0 bridgehead atoms. The molecule has 0 saturated carbocycles. The van der Waals surface area contributed by atoms with Gasteiger partial charge in [0, 0.05) is 35.5 Å². The minimum Gasteiger partial charge on any atom is -0.507 e. The molecule has 0 radical (unpaired) electrons. The van der Waals surface area contributed by atoms with Gasteiger partial charge >= 0.3 is 0 Å². The maximum Gasteiger partial charge on any atom is 0.259 e. The number of para-hydroxylation sites is 1. The quantitative estimate of drug-likeness (QED) is 0.457. The van der Waals surface area contributed by atoms with Gasteiger partial charge < -0.3 is 15.7 Å². The molecule has 1 amide bonds. The van der Waals surface area contributed by atoms with Gasteiger partial charge in [0.25, 0.3) is 5.91 Å². The van der Waals surface area contributed by atoms with Gasteiger partial charge in [0.05, 0.1) is 11.3 Å². The lowest BCUT2D eigenvalue weighted by Gasteiger charge is -2.12. The fraction of sp³-hybridized carbons (Fsp3) is 0.0435. The minimum absolute atomic E-state index is 0.0684. The number of hydrogen-bond acceptors (Lipinski definition) is 6. The van der Waals surface area contributed by atoms with Crippen molar-refractivity contribution >= 4 is 23.2 Å². The molecule has 0 saturated heterocycles. The summed E-state index contributed by atoms with van der Waals surface area (Å²) >= 11 is 0. The summed E-state index contributed by atoms with van der Waals surface area (Å²) in [6.07, 6.45) is 5.13. The molecule has 4 rings (SSSR count). The SMILES string of the molecule is Cc1ccc(NC(=O)c2ccccc2O)cc1Nc1nccc(-c2cccnc2)n1. The molecule has 2 aromatic heterocycles. The van der Waals surface area contributed by atoms with E-state index in [4.69, 9.17) is 0 Å². The average molecular weight is 397 g/mol. The van der Waals surface area contributed by atoms with Crippen molar-refractivity contribution in [1.29, 1.82) is 0 Å². The average Bonchev–Trinajstić information content (AvgIpc) is 2.77.